The molecule has 2 aromatic carbocycles. The fourth-order valence-corrected chi connectivity index (χ4v) is 3.92. The smallest absolute Gasteiger partial charge is 0.249 e. The van der Waals surface area contributed by atoms with Gasteiger partial charge in [-0.3, -0.25) is 9.59 Å². The van der Waals surface area contributed by atoms with Crippen molar-refractivity contribution in [3.05, 3.63) is 59.7 Å². The maximum absolute atomic E-state index is 12.7. The van der Waals surface area contributed by atoms with Gasteiger partial charge in [0.05, 0.1) is 0 Å². The summed E-state index contributed by atoms with van der Waals surface area (Å²) in [7, 11) is 0. The minimum Gasteiger partial charge on any atom is -0.345 e. The zero-order valence-electron chi connectivity index (χ0n) is 15.2. The van der Waals surface area contributed by atoms with E-state index in [1.165, 1.54) is 11.1 Å². The molecule has 0 aliphatic carbocycles. The van der Waals surface area contributed by atoms with Crippen LogP contribution in [0, 0.1) is 6.92 Å². The number of aryl methyl sites for hydroxylation is 1. The van der Waals surface area contributed by atoms with Crippen LogP contribution in [-0.4, -0.2) is 30.2 Å². The second-order valence-corrected chi connectivity index (χ2v) is 7.74. The Morgan fingerprint density at radius 2 is 1.88 bits per heavy atom. The standard InChI is InChI=1S/C21H24N2O2S/c1-15-7-9-18(10-8-15)26-14-12-20(24)22-16(2)21(25)23-13-11-17-5-3-4-6-19(17)23/h3-10,16H,11-14H2,1-2H3,(H,22,24). The summed E-state index contributed by atoms with van der Waals surface area (Å²) >= 11 is 1.65. The summed E-state index contributed by atoms with van der Waals surface area (Å²) in [6, 6.07) is 15.7. The summed E-state index contributed by atoms with van der Waals surface area (Å²) < 4.78 is 0. The number of nitrogens with one attached hydrogen (secondary N) is 1. The lowest BCUT2D eigenvalue weighted by Gasteiger charge is -2.22. The summed E-state index contributed by atoms with van der Waals surface area (Å²) in [6.07, 6.45) is 1.27. The first-order valence-electron chi connectivity index (χ1n) is 8.93. The monoisotopic (exact) mass is 368 g/mol. The fraction of sp³-hybridized carbons (Fsp3) is 0.333. The number of hydrogen-bond acceptors (Lipinski definition) is 3. The Morgan fingerprint density at radius 1 is 1.15 bits per heavy atom. The Kier molecular flexibility index (Phi) is 5.99. The van der Waals surface area contributed by atoms with E-state index in [4.69, 9.17) is 0 Å². The molecular weight excluding hydrogens is 344 g/mol. The lowest BCUT2D eigenvalue weighted by Crippen LogP contribution is -2.46. The molecule has 0 saturated heterocycles. The molecule has 0 saturated carbocycles. The van der Waals surface area contributed by atoms with Crippen LogP contribution < -0.4 is 10.2 Å². The van der Waals surface area contributed by atoms with Crippen LogP contribution in [0.1, 0.15) is 24.5 Å². The van der Waals surface area contributed by atoms with Crippen LogP contribution in [0.25, 0.3) is 0 Å². The minimum atomic E-state index is -0.516. The van der Waals surface area contributed by atoms with E-state index in [1.54, 1.807) is 23.6 Å². The fourth-order valence-electron chi connectivity index (χ4n) is 3.07. The van der Waals surface area contributed by atoms with E-state index >= 15 is 0 Å². The Morgan fingerprint density at radius 3 is 2.65 bits per heavy atom. The third kappa shape index (κ3) is 4.47. The lowest BCUT2D eigenvalue weighted by molar-refractivity contribution is -0.126. The number of benzene rings is 2. The van der Waals surface area contributed by atoms with E-state index in [0.717, 1.165) is 17.0 Å². The van der Waals surface area contributed by atoms with Gasteiger partial charge in [0.15, 0.2) is 0 Å². The molecule has 1 heterocycles. The molecule has 0 fully saturated rings. The summed E-state index contributed by atoms with van der Waals surface area (Å²) in [4.78, 5) is 27.8. The topological polar surface area (TPSA) is 49.4 Å². The lowest BCUT2D eigenvalue weighted by atomic mass is 10.2. The van der Waals surface area contributed by atoms with Crippen LogP contribution in [0.15, 0.2) is 53.4 Å². The van der Waals surface area contributed by atoms with Crippen molar-refractivity contribution in [2.45, 2.75) is 37.6 Å². The summed E-state index contributed by atoms with van der Waals surface area (Å²) in [5.74, 6) is 0.565. The minimum absolute atomic E-state index is 0.0468. The molecule has 4 nitrogen and oxygen atoms in total. The molecule has 1 atom stereocenters. The van der Waals surface area contributed by atoms with Gasteiger partial charge in [-0.1, -0.05) is 35.9 Å². The third-order valence-corrected chi connectivity index (χ3v) is 5.53. The van der Waals surface area contributed by atoms with Crippen molar-refractivity contribution in [2.24, 2.45) is 0 Å². The Hall–Kier alpha value is -2.27. The van der Waals surface area contributed by atoms with Crippen molar-refractivity contribution >= 4 is 29.3 Å². The second-order valence-electron chi connectivity index (χ2n) is 6.57. The first-order chi connectivity index (χ1) is 12.5. The third-order valence-electron chi connectivity index (χ3n) is 4.52. The van der Waals surface area contributed by atoms with Gasteiger partial charge in [-0.2, -0.15) is 0 Å². The SMILES string of the molecule is Cc1ccc(SCCC(=O)NC(C)C(=O)N2CCc3ccccc32)cc1. The van der Waals surface area contributed by atoms with Crippen LogP contribution >= 0.6 is 11.8 Å². The highest BCUT2D eigenvalue weighted by atomic mass is 32.2. The van der Waals surface area contributed by atoms with Gasteiger partial charge >= 0.3 is 0 Å². The molecule has 3 rings (SSSR count). The normalized spacial score (nSPS) is 14.0. The van der Waals surface area contributed by atoms with Crippen molar-refractivity contribution in [3.63, 3.8) is 0 Å². The van der Waals surface area contributed by atoms with Gasteiger partial charge in [0.25, 0.3) is 0 Å². The van der Waals surface area contributed by atoms with Crippen molar-refractivity contribution in [3.8, 4) is 0 Å². The molecular formula is C21H24N2O2S. The number of carbonyl (C=O) groups is 2. The molecule has 0 spiro atoms. The Bertz CT molecular complexity index is 789. The molecule has 0 radical (unpaired) electrons. The van der Waals surface area contributed by atoms with Crippen molar-refractivity contribution in [1.29, 1.82) is 0 Å². The van der Waals surface area contributed by atoms with Crippen LogP contribution in [-0.2, 0) is 16.0 Å². The predicted molar refractivity (Wildman–Crippen MR) is 107 cm³/mol. The van der Waals surface area contributed by atoms with Gasteiger partial charge in [-0.25, -0.2) is 0 Å². The van der Waals surface area contributed by atoms with E-state index in [9.17, 15) is 9.59 Å². The summed E-state index contributed by atoms with van der Waals surface area (Å²) in [6.45, 7) is 4.50. The number of nitrogens with zero attached hydrogens (tertiary/aromatic N) is 1. The number of rotatable bonds is 6. The average Bonchev–Trinajstić information content (AvgIpc) is 3.06. The molecule has 2 aromatic rings. The van der Waals surface area contributed by atoms with Gasteiger partial charge in [0.2, 0.25) is 11.8 Å². The number of para-hydroxylation sites is 1. The highest BCUT2D eigenvalue weighted by molar-refractivity contribution is 7.99. The quantitative estimate of drug-likeness (QED) is 0.793. The van der Waals surface area contributed by atoms with Crippen LogP contribution in [0.2, 0.25) is 0 Å². The second kappa shape index (κ2) is 8.41. The number of hydrogen-bond donors (Lipinski definition) is 1. The van der Waals surface area contributed by atoms with E-state index in [-0.39, 0.29) is 11.8 Å². The molecule has 5 heteroatoms. The molecule has 2 amide bonds. The predicted octanol–water partition coefficient (Wildman–Crippen LogP) is 3.57. The van der Waals surface area contributed by atoms with Gasteiger partial charge in [0.1, 0.15) is 6.04 Å². The number of fused-ring (bicyclic) bond motifs is 1. The van der Waals surface area contributed by atoms with Gasteiger partial charge in [-0.15, -0.1) is 11.8 Å². The van der Waals surface area contributed by atoms with Gasteiger partial charge in [-0.05, 0) is 44.0 Å². The molecule has 1 unspecified atom stereocenters. The van der Waals surface area contributed by atoms with Crippen LogP contribution in [0.4, 0.5) is 5.69 Å². The van der Waals surface area contributed by atoms with E-state index in [2.05, 4.69) is 36.5 Å². The number of thioether (sulfide) groups is 1. The molecule has 1 aliphatic rings. The largest absolute Gasteiger partial charge is 0.345 e. The molecule has 1 N–H and O–H groups in total. The Balaban J connectivity index is 1.47. The van der Waals surface area contributed by atoms with E-state index in [1.807, 2.05) is 24.3 Å². The molecule has 26 heavy (non-hydrogen) atoms. The molecule has 1 aliphatic heterocycles. The van der Waals surface area contributed by atoms with Gasteiger partial charge < -0.3 is 10.2 Å². The average molecular weight is 369 g/mol. The van der Waals surface area contributed by atoms with E-state index in [0.29, 0.717) is 18.7 Å². The number of amides is 2. The van der Waals surface area contributed by atoms with Crippen LogP contribution in [0.5, 0.6) is 0 Å². The van der Waals surface area contributed by atoms with Gasteiger partial charge in [0, 0.05) is 29.3 Å². The zero-order valence-corrected chi connectivity index (χ0v) is 16.0. The zero-order chi connectivity index (χ0) is 18.5. The Labute approximate surface area is 159 Å². The summed E-state index contributed by atoms with van der Waals surface area (Å²) in [5, 5.41) is 2.84. The van der Waals surface area contributed by atoms with Crippen molar-refractivity contribution in [2.75, 3.05) is 17.2 Å². The molecule has 0 bridgehead atoms. The van der Waals surface area contributed by atoms with Crippen molar-refractivity contribution < 1.29 is 9.59 Å². The van der Waals surface area contributed by atoms with Crippen molar-refractivity contribution in [1.82, 2.24) is 5.32 Å². The highest BCUT2D eigenvalue weighted by Crippen LogP contribution is 2.27. The number of anilines is 1. The highest BCUT2D eigenvalue weighted by Gasteiger charge is 2.28. The first kappa shape index (κ1) is 18.5. The molecule has 0 aromatic heterocycles. The molecule has 136 valence electrons. The van der Waals surface area contributed by atoms with E-state index < -0.39 is 6.04 Å². The maximum Gasteiger partial charge on any atom is 0.249 e. The first-order valence-corrected chi connectivity index (χ1v) is 9.91. The van der Waals surface area contributed by atoms with Crippen LogP contribution in [0.3, 0.4) is 0 Å². The number of carbonyl (C=O) groups excluding carboxylic acids is 2. The maximum atomic E-state index is 12.7. The summed E-state index contributed by atoms with van der Waals surface area (Å²) in [5.41, 5.74) is 3.38.